The van der Waals surface area contributed by atoms with Crippen molar-refractivity contribution in [1.29, 1.82) is 0 Å². The molecule has 0 unspecified atom stereocenters. The Morgan fingerprint density at radius 3 is 0.333 bits per heavy atom. The molecule has 6 heteroatoms. The van der Waals surface area contributed by atoms with Crippen LogP contribution < -0.4 is 0 Å². The predicted molar refractivity (Wildman–Crippen MR) is 51.6 cm³/mol. The van der Waals surface area contributed by atoms with Crippen LogP contribution in [-0.4, -0.2) is 0 Å². The van der Waals surface area contributed by atoms with Gasteiger partial charge in [0.1, 0.15) is 0 Å². The third-order valence-electron chi connectivity index (χ3n) is 0. The van der Waals surface area contributed by atoms with Crippen LogP contribution in [-0.2, 0) is 0 Å². The molecule has 0 N–H and O–H groups in total. The second-order valence-electron chi connectivity index (χ2n) is 0. The van der Waals surface area contributed by atoms with Gasteiger partial charge in [-0.25, -0.2) is 0 Å². The molecule has 0 aromatic rings. The Balaban J connectivity index is 0. The molecule has 0 aliphatic heterocycles. The first-order valence-corrected chi connectivity index (χ1v) is 0. The van der Waals surface area contributed by atoms with Crippen LogP contribution in [0.15, 0.2) is 0 Å². The average molecular weight is 643 g/mol. The molecule has 0 heterocycles. The van der Waals surface area contributed by atoms with Crippen LogP contribution in [0.4, 0.5) is 0 Å². The zero-order valence-corrected chi connectivity index (χ0v) is 15.3. The normalized spacial score (nSPS) is 0. The topological polar surface area (TPSA) is 0 Å². The minimum Gasteiger partial charge on any atom is -0.114 e. The van der Waals surface area contributed by atoms with Gasteiger partial charge in [-0.05, 0) is 0 Å². The van der Waals surface area contributed by atoms with Crippen molar-refractivity contribution in [2.75, 3.05) is 0 Å². The Labute approximate surface area is 114 Å². The van der Waals surface area contributed by atoms with Crippen LogP contribution in [0, 0.1) is 31.1 Å². The molecule has 0 saturated carbocycles. The maximum atomic E-state index is 0. The standard InChI is InChI=1S/5BrH.U/h5*1H;. The Bertz CT molecular complexity index is 3.90. The summed E-state index contributed by atoms with van der Waals surface area (Å²) < 4.78 is 0. The van der Waals surface area contributed by atoms with Crippen molar-refractivity contribution in [1.82, 2.24) is 0 Å². The van der Waals surface area contributed by atoms with Crippen LogP contribution in [0.2, 0.25) is 0 Å². The van der Waals surface area contributed by atoms with Crippen molar-refractivity contribution < 1.29 is 31.1 Å². The smallest absolute Gasteiger partial charge is 0 e. The second-order valence-corrected chi connectivity index (χ2v) is 0. The molecule has 0 saturated heterocycles. The molecule has 0 atom stereocenters. The summed E-state index contributed by atoms with van der Waals surface area (Å²) in [6.45, 7) is 0. The third kappa shape index (κ3) is 26.0. The molecule has 0 bridgehead atoms. The first-order chi connectivity index (χ1) is 0. The van der Waals surface area contributed by atoms with Gasteiger partial charge in [-0.1, -0.05) is 0 Å². The van der Waals surface area contributed by atoms with E-state index in [1.54, 1.807) is 0 Å². The molecule has 0 amide bonds. The zero-order valence-electron chi connectivity index (χ0n) is 2.54. The van der Waals surface area contributed by atoms with E-state index >= 15 is 0 Å². The van der Waals surface area contributed by atoms with Crippen LogP contribution in [0.25, 0.3) is 0 Å². The zero-order chi connectivity index (χ0) is 0. The number of hydrogen-bond donors (Lipinski definition) is 0. The fourth-order valence-corrected chi connectivity index (χ4v) is 0. The Morgan fingerprint density at radius 1 is 0.333 bits per heavy atom. The minimum absolute atomic E-state index is 0. The van der Waals surface area contributed by atoms with E-state index in [9.17, 15) is 0 Å². The van der Waals surface area contributed by atoms with E-state index in [0.29, 0.717) is 0 Å². The molecule has 0 rings (SSSR count). The van der Waals surface area contributed by atoms with E-state index in [0.717, 1.165) is 0 Å². The van der Waals surface area contributed by atoms with Crippen LogP contribution in [0.3, 0.4) is 0 Å². The molecular formula is H5Br5U. The fraction of sp³-hybridized carbons (Fsp3) is 0. The monoisotopic (exact) mass is 638 g/mol. The van der Waals surface area contributed by atoms with E-state index < -0.39 is 0 Å². The Hall–Kier alpha value is 3.45. The first kappa shape index (κ1) is 56.7. The average Bonchev–Trinajstić information content (AvgIpc) is 0. The third-order valence-corrected chi connectivity index (χ3v) is 0. The van der Waals surface area contributed by atoms with Crippen molar-refractivity contribution in [3.63, 3.8) is 0 Å². The molecule has 6 heavy (non-hydrogen) atoms. The van der Waals surface area contributed by atoms with Gasteiger partial charge in [0.25, 0.3) is 0 Å². The SMILES string of the molecule is Br.Br.Br.Br.Br.[U]. The van der Waals surface area contributed by atoms with Crippen molar-refractivity contribution in [3.05, 3.63) is 0 Å². The van der Waals surface area contributed by atoms with E-state index in [2.05, 4.69) is 0 Å². The number of hydrogen-bond acceptors (Lipinski definition) is 0. The summed E-state index contributed by atoms with van der Waals surface area (Å²) in [5.41, 5.74) is 0. The Kier molecular flexibility index (Phi) is 372. The largest absolute Gasteiger partial charge is 0.114 e. The summed E-state index contributed by atoms with van der Waals surface area (Å²) in [7, 11) is 0. The summed E-state index contributed by atoms with van der Waals surface area (Å²) in [6.07, 6.45) is 0. The fourth-order valence-electron chi connectivity index (χ4n) is 0. The van der Waals surface area contributed by atoms with Crippen LogP contribution >= 0.6 is 84.9 Å². The number of halogens is 5. The van der Waals surface area contributed by atoms with E-state index in [1.165, 1.54) is 0 Å². The molecule has 0 spiro atoms. The van der Waals surface area contributed by atoms with Crippen molar-refractivity contribution in [2.24, 2.45) is 0 Å². The summed E-state index contributed by atoms with van der Waals surface area (Å²) in [4.78, 5) is 0. The van der Waals surface area contributed by atoms with Crippen molar-refractivity contribution >= 4 is 84.9 Å². The first-order valence-electron chi connectivity index (χ1n) is 0. The van der Waals surface area contributed by atoms with Gasteiger partial charge < -0.3 is 0 Å². The van der Waals surface area contributed by atoms with Gasteiger partial charge in [-0.3, -0.25) is 0 Å². The summed E-state index contributed by atoms with van der Waals surface area (Å²) in [5, 5.41) is 0. The van der Waals surface area contributed by atoms with E-state index in [-0.39, 0.29) is 116 Å². The summed E-state index contributed by atoms with van der Waals surface area (Å²) in [6, 6.07) is 0. The molecule has 0 aromatic carbocycles. The molecule has 0 fully saturated rings. The molecule has 44 valence electrons. The number of rotatable bonds is 0. The van der Waals surface area contributed by atoms with Gasteiger partial charge in [0, 0.05) is 31.1 Å². The predicted octanol–water partition coefficient (Wildman–Crippen LogP) is 2.89. The van der Waals surface area contributed by atoms with Gasteiger partial charge in [-0.15, -0.1) is 84.9 Å². The van der Waals surface area contributed by atoms with Crippen molar-refractivity contribution in [2.45, 2.75) is 0 Å². The van der Waals surface area contributed by atoms with Crippen LogP contribution in [0.5, 0.6) is 0 Å². The molecule has 0 nitrogen and oxygen atoms in total. The molecular weight excluding hydrogens is 638 g/mol. The van der Waals surface area contributed by atoms with Gasteiger partial charge in [-0.2, -0.15) is 0 Å². The van der Waals surface area contributed by atoms with Gasteiger partial charge >= 0.3 is 0 Å². The minimum atomic E-state index is 0. The summed E-state index contributed by atoms with van der Waals surface area (Å²) in [5.74, 6) is 0. The van der Waals surface area contributed by atoms with E-state index in [1.807, 2.05) is 0 Å². The molecule has 0 aliphatic carbocycles. The molecule has 0 aliphatic rings. The van der Waals surface area contributed by atoms with Gasteiger partial charge in [0.2, 0.25) is 0 Å². The maximum absolute atomic E-state index is 0. The van der Waals surface area contributed by atoms with Gasteiger partial charge in [0.15, 0.2) is 0 Å². The molecule has 0 aromatic heterocycles. The van der Waals surface area contributed by atoms with Crippen LogP contribution in [0.1, 0.15) is 0 Å². The van der Waals surface area contributed by atoms with Gasteiger partial charge in [0.05, 0.1) is 0 Å². The Morgan fingerprint density at radius 2 is 0.333 bits per heavy atom. The molecule has 0 radical (unpaired) electrons. The maximum Gasteiger partial charge on any atom is 0 e. The van der Waals surface area contributed by atoms with Crippen molar-refractivity contribution in [3.8, 4) is 0 Å². The summed E-state index contributed by atoms with van der Waals surface area (Å²) >= 11 is 0. The quantitative estimate of drug-likeness (QED) is 0.382. The van der Waals surface area contributed by atoms with E-state index in [4.69, 9.17) is 0 Å². The second kappa shape index (κ2) is 39.4.